The van der Waals surface area contributed by atoms with Crippen LogP contribution in [0.3, 0.4) is 0 Å². The second-order valence-electron chi connectivity index (χ2n) is 8.24. The third-order valence-corrected chi connectivity index (χ3v) is 7.03. The van der Waals surface area contributed by atoms with Crippen molar-refractivity contribution in [3.8, 4) is 0 Å². The number of anilines is 1. The molecule has 2 aromatic carbocycles. The number of nitrogens with zero attached hydrogens (tertiary/aromatic N) is 1. The van der Waals surface area contributed by atoms with Gasteiger partial charge in [-0.3, -0.25) is 14.5 Å². The van der Waals surface area contributed by atoms with E-state index in [1.165, 1.54) is 23.3 Å². The van der Waals surface area contributed by atoms with Crippen LogP contribution in [-0.2, 0) is 26.2 Å². The molecule has 0 saturated heterocycles. The monoisotopic (exact) mass is 497 g/mol. The van der Waals surface area contributed by atoms with Crippen LogP contribution in [-0.4, -0.2) is 32.8 Å². The maximum Gasteiger partial charge on any atom is 0.243 e. The molecule has 1 aromatic heterocycles. The zero-order valence-corrected chi connectivity index (χ0v) is 21.0. The SMILES string of the molecule is CCCC(C(=O)NCc1ccco1)N(C(=O)CNS(=O)(=O)c1ccccc1)c1c(C)cccc1C. The van der Waals surface area contributed by atoms with E-state index in [4.69, 9.17) is 4.42 Å². The number of hydrogen-bond donors (Lipinski definition) is 2. The van der Waals surface area contributed by atoms with Crippen LogP contribution in [0.2, 0.25) is 0 Å². The molecule has 0 aliphatic rings. The van der Waals surface area contributed by atoms with E-state index in [1.54, 1.807) is 30.3 Å². The zero-order chi connectivity index (χ0) is 25.4. The van der Waals surface area contributed by atoms with Gasteiger partial charge in [0.1, 0.15) is 11.8 Å². The van der Waals surface area contributed by atoms with Crippen molar-refractivity contribution in [1.82, 2.24) is 10.0 Å². The summed E-state index contributed by atoms with van der Waals surface area (Å²) in [6.45, 7) is 5.34. The smallest absolute Gasteiger partial charge is 0.243 e. The number of furan rings is 1. The van der Waals surface area contributed by atoms with Crippen LogP contribution in [0.25, 0.3) is 0 Å². The van der Waals surface area contributed by atoms with Crippen molar-refractivity contribution < 1.29 is 22.4 Å². The number of carbonyl (C=O) groups excluding carboxylic acids is 2. The van der Waals surface area contributed by atoms with Crippen molar-refractivity contribution >= 4 is 27.5 Å². The first-order valence-electron chi connectivity index (χ1n) is 11.5. The average Bonchev–Trinajstić information content (AvgIpc) is 3.37. The lowest BCUT2D eigenvalue weighted by Crippen LogP contribution is -2.53. The summed E-state index contributed by atoms with van der Waals surface area (Å²) in [7, 11) is -3.90. The first-order chi connectivity index (χ1) is 16.7. The van der Waals surface area contributed by atoms with Gasteiger partial charge in [0.15, 0.2) is 0 Å². The van der Waals surface area contributed by atoms with E-state index in [9.17, 15) is 18.0 Å². The van der Waals surface area contributed by atoms with Gasteiger partial charge in [0.2, 0.25) is 21.8 Å². The maximum absolute atomic E-state index is 13.6. The molecule has 0 bridgehead atoms. The molecule has 1 heterocycles. The van der Waals surface area contributed by atoms with Crippen molar-refractivity contribution in [2.75, 3.05) is 11.4 Å². The molecule has 0 radical (unpaired) electrons. The summed E-state index contributed by atoms with van der Waals surface area (Å²) in [5, 5.41) is 2.85. The third-order valence-electron chi connectivity index (χ3n) is 5.61. The lowest BCUT2D eigenvalue weighted by atomic mass is 10.0. The highest BCUT2D eigenvalue weighted by Crippen LogP contribution is 2.28. The Kier molecular flexibility index (Phi) is 8.84. The van der Waals surface area contributed by atoms with Crippen LogP contribution in [0.1, 0.15) is 36.7 Å². The Morgan fingerprint density at radius 2 is 1.66 bits per heavy atom. The van der Waals surface area contributed by atoms with Crippen LogP contribution in [0.5, 0.6) is 0 Å². The number of para-hydroxylation sites is 1. The Hall–Kier alpha value is -3.43. The van der Waals surface area contributed by atoms with Crippen LogP contribution in [0, 0.1) is 13.8 Å². The highest BCUT2D eigenvalue weighted by atomic mass is 32.2. The molecule has 1 atom stereocenters. The molecule has 9 heteroatoms. The zero-order valence-electron chi connectivity index (χ0n) is 20.2. The maximum atomic E-state index is 13.6. The summed E-state index contributed by atoms with van der Waals surface area (Å²) in [4.78, 5) is 28.4. The molecule has 0 fully saturated rings. The minimum absolute atomic E-state index is 0.0627. The predicted molar refractivity (Wildman–Crippen MR) is 134 cm³/mol. The molecule has 35 heavy (non-hydrogen) atoms. The molecule has 186 valence electrons. The fourth-order valence-electron chi connectivity index (χ4n) is 3.92. The minimum atomic E-state index is -3.90. The summed E-state index contributed by atoms with van der Waals surface area (Å²) >= 11 is 0. The third kappa shape index (κ3) is 6.58. The molecule has 3 aromatic rings. The highest BCUT2D eigenvalue weighted by Gasteiger charge is 2.33. The summed E-state index contributed by atoms with van der Waals surface area (Å²) in [6, 6.07) is 16.1. The molecule has 0 aliphatic carbocycles. The molecule has 1 unspecified atom stereocenters. The minimum Gasteiger partial charge on any atom is -0.467 e. The summed E-state index contributed by atoms with van der Waals surface area (Å²) < 4.78 is 33.1. The van der Waals surface area contributed by atoms with Crippen molar-refractivity contribution in [2.45, 2.75) is 51.1 Å². The van der Waals surface area contributed by atoms with E-state index in [0.29, 0.717) is 24.3 Å². The van der Waals surface area contributed by atoms with Crippen LogP contribution >= 0.6 is 0 Å². The molecular weight excluding hydrogens is 466 g/mol. The lowest BCUT2D eigenvalue weighted by molar-refractivity contribution is -0.126. The fraction of sp³-hybridized carbons (Fsp3) is 0.308. The first-order valence-corrected chi connectivity index (χ1v) is 13.0. The number of sulfonamides is 1. The van der Waals surface area contributed by atoms with E-state index < -0.39 is 28.5 Å². The van der Waals surface area contributed by atoms with E-state index in [-0.39, 0.29) is 17.3 Å². The van der Waals surface area contributed by atoms with Gasteiger partial charge in [-0.2, -0.15) is 0 Å². The number of carbonyl (C=O) groups is 2. The highest BCUT2D eigenvalue weighted by molar-refractivity contribution is 7.89. The van der Waals surface area contributed by atoms with Gasteiger partial charge in [-0.25, -0.2) is 13.1 Å². The van der Waals surface area contributed by atoms with Gasteiger partial charge in [-0.05, 0) is 55.7 Å². The van der Waals surface area contributed by atoms with E-state index in [2.05, 4.69) is 10.0 Å². The number of amides is 2. The summed E-state index contributed by atoms with van der Waals surface area (Å²) in [6.07, 6.45) is 2.56. The number of nitrogens with one attached hydrogen (secondary N) is 2. The molecule has 2 N–H and O–H groups in total. The van der Waals surface area contributed by atoms with Gasteiger partial charge in [-0.15, -0.1) is 0 Å². The van der Waals surface area contributed by atoms with Crippen LogP contribution < -0.4 is 14.9 Å². The molecule has 2 amide bonds. The van der Waals surface area contributed by atoms with Gasteiger partial charge >= 0.3 is 0 Å². The fourth-order valence-corrected chi connectivity index (χ4v) is 4.92. The van der Waals surface area contributed by atoms with Crippen LogP contribution in [0.4, 0.5) is 5.69 Å². The van der Waals surface area contributed by atoms with Gasteiger partial charge in [-0.1, -0.05) is 49.7 Å². The summed E-state index contributed by atoms with van der Waals surface area (Å²) in [5.74, 6) is -0.271. The first kappa shape index (κ1) is 26.2. The standard InChI is InChI=1S/C26H31N3O5S/c1-4-10-23(26(31)27-17-21-13-9-16-34-21)29(25-19(2)11-8-12-20(25)3)24(30)18-28-35(32,33)22-14-6-5-7-15-22/h5-9,11-16,23,28H,4,10,17-18H2,1-3H3,(H,27,31). The second kappa shape index (κ2) is 11.8. The molecule has 3 rings (SSSR count). The number of benzene rings is 2. The Labute approximate surface area is 206 Å². The van der Waals surface area contributed by atoms with Crippen molar-refractivity contribution in [1.29, 1.82) is 0 Å². The topological polar surface area (TPSA) is 109 Å². The largest absolute Gasteiger partial charge is 0.467 e. The van der Waals surface area contributed by atoms with Crippen molar-refractivity contribution in [3.63, 3.8) is 0 Å². The summed E-state index contributed by atoms with van der Waals surface area (Å²) in [5.41, 5.74) is 2.22. The Bertz CT molecular complexity index is 1220. The van der Waals surface area contributed by atoms with Gasteiger partial charge in [0.05, 0.1) is 29.9 Å². The van der Waals surface area contributed by atoms with Crippen molar-refractivity contribution in [3.05, 3.63) is 83.8 Å². The normalized spacial score (nSPS) is 12.2. The molecular formula is C26H31N3O5S. The predicted octanol–water partition coefficient (Wildman–Crippen LogP) is 3.69. The van der Waals surface area contributed by atoms with Gasteiger partial charge in [0, 0.05) is 0 Å². The Morgan fingerprint density at radius 1 is 0.971 bits per heavy atom. The molecule has 0 saturated carbocycles. The molecule has 8 nitrogen and oxygen atoms in total. The lowest BCUT2D eigenvalue weighted by Gasteiger charge is -2.33. The quantitative estimate of drug-likeness (QED) is 0.420. The number of hydrogen-bond acceptors (Lipinski definition) is 5. The van der Waals surface area contributed by atoms with Crippen molar-refractivity contribution in [2.24, 2.45) is 0 Å². The molecule has 0 spiro atoms. The number of aryl methyl sites for hydroxylation is 2. The second-order valence-corrected chi connectivity index (χ2v) is 10.0. The van der Waals surface area contributed by atoms with E-state index in [0.717, 1.165) is 11.1 Å². The van der Waals surface area contributed by atoms with E-state index >= 15 is 0 Å². The van der Waals surface area contributed by atoms with Gasteiger partial charge in [0.25, 0.3) is 0 Å². The van der Waals surface area contributed by atoms with Crippen LogP contribution in [0.15, 0.2) is 76.2 Å². The Balaban J connectivity index is 1.91. The Morgan fingerprint density at radius 3 is 2.26 bits per heavy atom. The van der Waals surface area contributed by atoms with E-state index in [1.807, 2.05) is 39.0 Å². The number of rotatable bonds is 11. The average molecular weight is 498 g/mol. The van der Waals surface area contributed by atoms with Gasteiger partial charge < -0.3 is 9.73 Å². The molecule has 0 aliphatic heterocycles.